The lowest BCUT2D eigenvalue weighted by Gasteiger charge is -2.32. The first-order chi connectivity index (χ1) is 27.2. The molecule has 0 radical (unpaired) electrons. The molecule has 0 bridgehead atoms. The number of hydrogen-bond acceptors (Lipinski definition) is 10. The second kappa shape index (κ2) is 19.8. The number of benzene rings is 3. The van der Waals surface area contributed by atoms with Gasteiger partial charge in [-0.1, -0.05) is 60.7 Å². The van der Waals surface area contributed by atoms with E-state index in [0.717, 1.165) is 10.9 Å². The maximum absolute atomic E-state index is 13.9. The molecule has 0 aliphatic rings. The van der Waals surface area contributed by atoms with Crippen LogP contribution in [0.2, 0.25) is 0 Å². The summed E-state index contributed by atoms with van der Waals surface area (Å²) in [5.74, 6) is -4.93. The van der Waals surface area contributed by atoms with Gasteiger partial charge in [-0.3, -0.25) is 24.0 Å². The van der Waals surface area contributed by atoms with E-state index in [-0.39, 0.29) is 25.0 Å². The highest BCUT2D eigenvalue weighted by molar-refractivity contribution is 7.82. The van der Waals surface area contributed by atoms with Crippen LogP contribution in [0, 0.1) is 0 Å². The molecule has 10 N–H and O–H groups in total. The molecule has 4 rings (SSSR count). The number of para-hydroxylation sites is 1. The highest BCUT2D eigenvalue weighted by atomic mass is 32.1. The van der Waals surface area contributed by atoms with Crippen LogP contribution < -0.4 is 32.3 Å². The molecular weight excluding hydrogens is 783 g/mol. The smallest absolute Gasteiger partial charge is 0.326 e. The minimum Gasteiger partial charge on any atom is -0.508 e. The molecule has 58 heavy (non-hydrogen) atoms. The lowest BCUT2D eigenvalue weighted by Crippen LogP contribution is -2.62. The standard InChI is InChI=1S/C41H51N7O8S2/c1-40(2,57)33(47-35(51)28(42)18-24-14-16-26(49)17-15-24)37(53)44-22-32(50)45-30(19-23-10-6-5-7-11-23)36(52)48-34(41(3,4)58)38(54)46-31(39(55)56)20-25-21-43-29-13-9-8-12-27(25)29/h5-17,21,28,30-31,33-34,43,49,57-58H,18-20,22,42H2,1-4H3,(H,44,53)(H,45,50)(H,46,54)(H,47,51)(H,48,52)(H,55,56)/t28-,30-,31-,33-,34-/m0/s1. The van der Waals surface area contributed by atoms with Gasteiger partial charge >= 0.3 is 5.97 Å². The van der Waals surface area contributed by atoms with E-state index in [1.54, 1.807) is 76.4 Å². The Morgan fingerprint density at radius 2 is 1.24 bits per heavy atom. The Morgan fingerprint density at radius 3 is 1.86 bits per heavy atom. The van der Waals surface area contributed by atoms with Crippen LogP contribution in [0.5, 0.6) is 5.75 Å². The number of nitrogens with one attached hydrogen (secondary N) is 6. The van der Waals surface area contributed by atoms with Gasteiger partial charge in [0.05, 0.1) is 12.6 Å². The third kappa shape index (κ3) is 13.0. The number of carbonyl (C=O) groups is 6. The molecule has 0 saturated carbocycles. The maximum atomic E-state index is 13.9. The first kappa shape index (κ1) is 45.2. The van der Waals surface area contributed by atoms with Crippen molar-refractivity contribution in [2.24, 2.45) is 5.73 Å². The molecule has 0 saturated heterocycles. The average molecular weight is 834 g/mol. The van der Waals surface area contributed by atoms with Crippen molar-refractivity contribution in [3.8, 4) is 5.75 Å². The molecular formula is C41H51N7O8S2. The number of thiol groups is 2. The zero-order valence-electron chi connectivity index (χ0n) is 32.6. The van der Waals surface area contributed by atoms with E-state index in [2.05, 4.69) is 56.8 Å². The van der Waals surface area contributed by atoms with E-state index in [0.29, 0.717) is 16.7 Å². The zero-order valence-corrected chi connectivity index (χ0v) is 34.4. The van der Waals surface area contributed by atoms with Gasteiger partial charge in [0.2, 0.25) is 29.5 Å². The molecule has 0 aliphatic heterocycles. The van der Waals surface area contributed by atoms with Crippen molar-refractivity contribution in [3.05, 3.63) is 102 Å². The number of phenolic OH excluding ortho intramolecular Hbond substituents is 1. The molecule has 3 aromatic carbocycles. The van der Waals surface area contributed by atoms with Crippen molar-refractivity contribution in [2.75, 3.05) is 6.54 Å². The van der Waals surface area contributed by atoms with Crippen molar-refractivity contribution in [1.29, 1.82) is 0 Å². The van der Waals surface area contributed by atoms with Crippen LogP contribution >= 0.6 is 25.3 Å². The van der Waals surface area contributed by atoms with Crippen molar-refractivity contribution < 1.29 is 39.0 Å². The maximum Gasteiger partial charge on any atom is 0.326 e. The highest BCUT2D eigenvalue weighted by Gasteiger charge is 2.38. The van der Waals surface area contributed by atoms with Gasteiger partial charge in [-0.05, 0) is 69.0 Å². The molecule has 0 fully saturated rings. The number of phenols is 1. The molecule has 1 aromatic heterocycles. The third-order valence-electron chi connectivity index (χ3n) is 9.31. The lowest BCUT2D eigenvalue weighted by molar-refractivity contribution is -0.142. The molecule has 4 aromatic rings. The Balaban J connectivity index is 1.44. The number of aromatic hydroxyl groups is 1. The van der Waals surface area contributed by atoms with Crippen LogP contribution in [0.3, 0.4) is 0 Å². The molecule has 5 amide bonds. The van der Waals surface area contributed by atoms with Gasteiger partial charge in [0.1, 0.15) is 29.9 Å². The lowest BCUT2D eigenvalue weighted by atomic mass is 9.98. The predicted molar refractivity (Wildman–Crippen MR) is 226 cm³/mol. The zero-order chi connectivity index (χ0) is 42.8. The summed E-state index contributed by atoms with van der Waals surface area (Å²) in [6.07, 6.45) is 1.75. The summed E-state index contributed by atoms with van der Waals surface area (Å²) in [4.78, 5) is 82.9. The van der Waals surface area contributed by atoms with E-state index in [1.165, 1.54) is 12.1 Å². The topological polar surface area (TPSA) is 245 Å². The second-order valence-electron chi connectivity index (χ2n) is 15.2. The van der Waals surface area contributed by atoms with E-state index < -0.39 is 81.8 Å². The molecule has 0 aliphatic carbocycles. The summed E-state index contributed by atoms with van der Waals surface area (Å²) in [5.41, 5.74) is 8.96. The summed E-state index contributed by atoms with van der Waals surface area (Å²) >= 11 is 9.05. The van der Waals surface area contributed by atoms with Gasteiger partial charge in [-0.2, -0.15) is 25.3 Å². The Labute approximate surface area is 347 Å². The Hall–Kier alpha value is -5.52. The van der Waals surface area contributed by atoms with Gasteiger partial charge in [0.15, 0.2) is 0 Å². The summed E-state index contributed by atoms with van der Waals surface area (Å²) in [5, 5.41) is 33.3. The van der Waals surface area contributed by atoms with Gasteiger partial charge in [-0.15, -0.1) is 0 Å². The number of aromatic amines is 1. The number of aliphatic carboxylic acids is 1. The Kier molecular flexibility index (Phi) is 15.4. The van der Waals surface area contributed by atoms with Crippen LogP contribution in [-0.2, 0) is 48.0 Å². The summed E-state index contributed by atoms with van der Waals surface area (Å²) in [6.45, 7) is 5.76. The van der Waals surface area contributed by atoms with E-state index >= 15 is 0 Å². The normalized spacial score (nSPS) is 14.3. The highest BCUT2D eigenvalue weighted by Crippen LogP contribution is 2.22. The number of amides is 5. The summed E-state index contributed by atoms with van der Waals surface area (Å²) < 4.78 is -2.31. The molecule has 0 unspecified atom stereocenters. The minimum atomic E-state index is -1.36. The van der Waals surface area contributed by atoms with Crippen molar-refractivity contribution >= 4 is 71.7 Å². The average Bonchev–Trinajstić information content (AvgIpc) is 3.57. The van der Waals surface area contributed by atoms with Crippen molar-refractivity contribution in [1.82, 2.24) is 31.6 Å². The number of carboxylic acid groups (broad SMARTS) is 1. The fourth-order valence-electron chi connectivity index (χ4n) is 6.15. The largest absolute Gasteiger partial charge is 0.508 e. The Morgan fingerprint density at radius 1 is 0.672 bits per heavy atom. The number of H-pyrrole nitrogens is 1. The van der Waals surface area contributed by atoms with Crippen LogP contribution in [0.1, 0.15) is 44.4 Å². The molecule has 310 valence electrons. The van der Waals surface area contributed by atoms with Crippen molar-refractivity contribution in [2.45, 2.75) is 86.7 Å². The molecule has 15 nitrogen and oxygen atoms in total. The monoisotopic (exact) mass is 833 g/mol. The fraction of sp³-hybridized carbons (Fsp3) is 0.366. The summed E-state index contributed by atoms with van der Waals surface area (Å²) in [6, 6.07) is 16.1. The van der Waals surface area contributed by atoms with Gasteiger partial charge in [0.25, 0.3) is 0 Å². The molecule has 5 atom stereocenters. The fourth-order valence-corrected chi connectivity index (χ4v) is 6.51. The van der Waals surface area contributed by atoms with Crippen molar-refractivity contribution in [3.63, 3.8) is 0 Å². The predicted octanol–water partition coefficient (Wildman–Crippen LogP) is 1.79. The minimum absolute atomic E-state index is 0.00666. The van der Waals surface area contributed by atoms with E-state index in [9.17, 15) is 39.0 Å². The van der Waals surface area contributed by atoms with Gasteiger partial charge in [-0.25, -0.2) is 4.79 Å². The summed E-state index contributed by atoms with van der Waals surface area (Å²) in [7, 11) is 0. The van der Waals surface area contributed by atoms with Crippen LogP contribution in [0.4, 0.5) is 0 Å². The SMILES string of the molecule is CC(C)(S)[C@@H](NC(=O)[C@H](Cc1ccccc1)NC(=O)CNC(=O)[C@H](NC(=O)[C@@H](N)Cc1ccc(O)cc1)C(C)(C)S)C(=O)N[C@@H](Cc1c[nH]c2ccccc12)C(=O)O. The van der Waals surface area contributed by atoms with Gasteiger partial charge in [0, 0.05) is 39.4 Å². The van der Waals surface area contributed by atoms with Crippen LogP contribution in [0.25, 0.3) is 10.9 Å². The third-order valence-corrected chi connectivity index (χ3v) is 9.83. The van der Waals surface area contributed by atoms with Crippen LogP contribution in [-0.4, -0.2) is 97.0 Å². The first-order valence-electron chi connectivity index (χ1n) is 18.5. The molecule has 0 spiro atoms. The van der Waals surface area contributed by atoms with E-state index in [4.69, 9.17) is 5.73 Å². The molecule has 17 heteroatoms. The van der Waals surface area contributed by atoms with Gasteiger partial charge < -0.3 is 47.5 Å². The van der Waals surface area contributed by atoms with Crippen LogP contribution in [0.15, 0.2) is 85.1 Å². The number of nitrogens with two attached hydrogens (primary N) is 1. The Bertz CT molecular complexity index is 2080. The second-order valence-corrected chi connectivity index (χ2v) is 17.5. The first-order valence-corrected chi connectivity index (χ1v) is 19.4. The number of carbonyl (C=O) groups excluding carboxylic acids is 5. The van der Waals surface area contributed by atoms with E-state index in [1.807, 2.05) is 24.3 Å². The molecule has 1 heterocycles. The number of hydrogen-bond donors (Lipinski definition) is 11. The number of rotatable bonds is 19. The quantitative estimate of drug-likeness (QED) is 0.0617. The number of carboxylic acids is 1. The number of fused-ring (bicyclic) bond motifs is 1. The number of aromatic nitrogens is 1.